The smallest absolute Gasteiger partial charge is 0.354 e. The molecule has 0 spiro atoms. The van der Waals surface area contributed by atoms with E-state index in [1.807, 2.05) is 0 Å². The molecule has 0 amide bonds. The third-order valence-electron chi connectivity index (χ3n) is 2.22. The largest absolute Gasteiger partial charge is 0.497 e. The zero-order valence-corrected chi connectivity index (χ0v) is 10.9. The number of hydrogen-bond donors (Lipinski definition) is 1. The van der Waals surface area contributed by atoms with Crippen LogP contribution in [0.25, 0.3) is 0 Å². The van der Waals surface area contributed by atoms with Crippen LogP contribution in [0.5, 0.6) is 5.75 Å². The Morgan fingerprint density at radius 2 is 1.89 bits per heavy atom. The summed E-state index contributed by atoms with van der Waals surface area (Å²) in [5, 5.41) is 2.78. The number of methoxy groups -OCH3 is 3. The van der Waals surface area contributed by atoms with Crippen molar-refractivity contribution in [3.8, 4) is 5.75 Å². The molecule has 102 valence electrons. The van der Waals surface area contributed by atoms with Crippen molar-refractivity contribution in [1.29, 1.82) is 0 Å². The zero-order chi connectivity index (χ0) is 14.3. The van der Waals surface area contributed by atoms with Gasteiger partial charge in [-0.2, -0.15) is 0 Å². The van der Waals surface area contributed by atoms with Gasteiger partial charge in [0, 0.05) is 11.8 Å². The van der Waals surface area contributed by atoms with Crippen LogP contribution >= 0.6 is 0 Å². The fourth-order valence-corrected chi connectivity index (χ4v) is 1.29. The lowest BCUT2D eigenvalue weighted by Gasteiger charge is -2.10. The van der Waals surface area contributed by atoms with E-state index in [1.54, 1.807) is 24.3 Å². The van der Waals surface area contributed by atoms with E-state index < -0.39 is 11.9 Å². The van der Waals surface area contributed by atoms with Gasteiger partial charge in [-0.1, -0.05) is 6.07 Å². The lowest BCUT2D eigenvalue weighted by atomic mass is 10.2. The molecule has 1 N–H and O–H groups in total. The van der Waals surface area contributed by atoms with Gasteiger partial charge in [0.25, 0.3) is 0 Å². The molecule has 19 heavy (non-hydrogen) atoms. The predicted octanol–water partition coefficient (Wildman–Crippen LogP) is 1.34. The monoisotopic (exact) mass is 265 g/mol. The van der Waals surface area contributed by atoms with Gasteiger partial charge in [0.2, 0.25) is 0 Å². The fourth-order valence-electron chi connectivity index (χ4n) is 1.29. The first-order valence-corrected chi connectivity index (χ1v) is 5.39. The lowest BCUT2D eigenvalue weighted by molar-refractivity contribution is -0.138. The number of hydrogen-bond acceptors (Lipinski definition) is 6. The van der Waals surface area contributed by atoms with Gasteiger partial charge in [0.05, 0.1) is 27.4 Å². The lowest BCUT2D eigenvalue weighted by Crippen LogP contribution is -2.15. The van der Waals surface area contributed by atoms with Crippen LogP contribution in [-0.4, -0.2) is 33.3 Å². The van der Waals surface area contributed by atoms with E-state index in [0.717, 1.165) is 6.08 Å². The maximum Gasteiger partial charge on any atom is 0.354 e. The summed E-state index contributed by atoms with van der Waals surface area (Å²) < 4.78 is 14.1. The van der Waals surface area contributed by atoms with Crippen LogP contribution < -0.4 is 10.1 Å². The van der Waals surface area contributed by atoms with Crippen LogP contribution in [0, 0.1) is 0 Å². The van der Waals surface area contributed by atoms with Gasteiger partial charge in [0.1, 0.15) is 11.4 Å². The molecule has 0 bridgehead atoms. The Morgan fingerprint density at radius 3 is 2.47 bits per heavy atom. The number of anilines is 1. The number of carbonyl (C=O) groups is 2. The first-order chi connectivity index (χ1) is 9.10. The molecule has 0 fully saturated rings. The normalized spacial score (nSPS) is 10.6. The second-order valence-electron chi connectivity index (χ2n) is 3.43. The Hall–Kier alpha value is -2.50. The van der Waals surface area contributed by atoms with E-state index in [2.05, 4.69) is 14.8 Å². The van der Waals surface area contributed by atoms with Crippen molar-refractivity contribution < 1.29 is 23.8 Å². The summed E-state index contributed by atoms with van der Waals surface area (Å²) in [7, 11) is 3.98. The second kappa shape index (κ2) is 7.05. The zero-order valence-electron chi connectivity index (χ0n) is 10.9. The molecule has 0 heterocycles. The number of rotatable bonds is 5. The topological polar surface area (TPSA) is 73.9 Å². The highest BCUT2D eigenvalue weighted by Crippen LogP contribution is 2.18. The van der Waals surface area contributed by atoms with Gasteiger partial charge in [-0.3, -0.25) is 0 Å². The summed E-state index contributed by atoms with van der Waals surface area (Å²) in [6.07, 6.45) is 1.02. The molecule has 0 aliphatic heterocycles. The van der Waals surface area contributed by atoms with Crippen LogP contribution in [0.4, 0.5) is 5.69 Å². The highest BCUT2D eigenvalue weighted by atomic mass is 16.5. The molecular weight excluding hydrogens is 250 g/mol. The molecule has 0 radical (unpaired) electrons. The maximum atomic E-state index is 11.5. The van der Waals surface area contributed by atoms with Gasteiger partial charge >= 0.3 is 11.9 Å². The molecule has 1 aromatic rings. The van der Waals surface area contributed by atoms with E-state index in [0.29, 0.717) is 11.4 Å². The van der Waals surface area contributed by atoms with Gasteiger partial charge < -0.3 is 19.5 Å². The number of nitrogens with one attached hydrogen (secondary N) is 1. The average Bonchev–Trinajstić information content (AvgIpc) is 2.45. The van der Waals surface area contributed by atoms with Crippen molar-refractivity contribution in [3.63, 3.8) is 0 Å². The van der Waals surface area contributed by atoms with E-state index >= 15 is 0 Å². The van der Waals surface area contributed by atoms with Crippen molar-refractivity contribution in [2.24, 2.45) is 0 Å². The van der Waals surface area contributed by atoms with Crippen LogP contribution in [0.2, 0.25) is 0 Å². The number of carbonyl (C=O) groups excluding carboxylic acids is 2. The summed E-state index contributed by atoms with van der Waals surface area (Å²) in [6.45, 7) is 0. The van der Waals surface area contributed by atoms with Crippen molar-refractivity contribution in [3.05, 3.63) is 36.0 Å². The van der Waals surface area contributed by atoms with Crippen LogP contribution in [-0.2, 0) is 19.1 Å². The molecule has 0 unspecified atom stereocenters. The second-order valence-corrected chi connectivity index (χ2v) is 3.43. The fraction of sp³-hybridized carbons (Fsp3) is 0.231. The minimum Gasteiger partial charge on any atom is -0.497 e. The van der Waals surface area contributed by atoms with Crippen molar-refractivity contribution in [2.75, 3.05) is 26.6 Å². The van der Waals surface area contributed by atoms with Crippen LogP contribution in [0.3, 0.4) is 0 Å². The molecule has 0 aliphatic rings. The first-order valence-electron chi connectivity index (χ1n) is 5.39. The minimum absolute atomic E-state index is 0.0254. The van der Waals surface area contributed by atoms with Gasteiger partial charge in [-0.25, -0.2) is 9.59 Å². The Morgan fingerprint density at radius 1 is 1.16 bits per heavy atom. The average molecular weight is 265 g/mol. The molecule has 6 heteroatoms. The van der Waals surface area contributed by atoms with Gasteiger partial charge in [-0.05, 0) is 12.1 Å². The highest BCUT2D eigenvalue weighted by Gasteiger charge is 2.12. The Labute approximate surface area is 111 Å². The van der Waals surface area contributed by atoms with Gasteiger partial charge in [-0.15, -0.1) is 0 Å². The predicted molar refractivity (Wildman–Crippen MR) is 68.7 cm³/mol. The summed E-state index contributed by atoms with van der Waals surface area (Å²) in [5.41, 5.74) is 0.558. The number of esters is 2. The molecule has 1 aromatic carbocycles. The molecular formula is C13H15NO5. The van der Waals surface area contributed by atoms with Gasteiger partial charge in [0.15, 0.2) is 0 Å². The molecule has 1 rings (SSSR count). The quantitative estimate of drug-likeness (QED) is 0.639. The van der Waals surface area contributed by atoms with E-state index in [4.69, 9.17) is 4.74 Å². The van der Waals surface area contributed by atoms with E-state index in [1.165, 1.54) is 21.3 Å². The third kappa shape index (κ3) is 4.34. The summed E-state index contributed by atoms with van der Waals surface area (Å²) in [4.78, 5) is 22.7. The summed E-state index contributed by atoms with van der Waals surface area (Å²) >= 11 is 0. The first kappa shape index (κ1) is 14.6. The number of ether oxygens (including phenoxy) is 3. The molecule has 0 saturated carbocycles. The minimum atomic E-state index is -0.673. The van der Waals surface area contributed by atoms with E-state index in [9.17, 15) is 9.59 Å². The Kier molecular flexibility index (Phi) is 5.40. The maximum absolute atomic E-state index is 11.5. The van der Waals surface area contributed by atoms with Crippen LogP contribution in [0.15, 0.2) is 36.0 Å². The Bertz CT molecular complexity index is 496. The van der Waals surface area contributed by atoms with Crippen LogP contribution in [0.1, 0.15) is 0 Å². The molecule has 6 nitrogen and oxygen atoms in total. The third-order valence-corrected chi connectivity index (χ3v) is 2.22. The summed E-state index contributed by atoms with van der Waals surface area (Å²) in [5.74, 6) is -0.712. The van der Waals surface area contributed by atoms with E-state index in [-0.39, 0.29) is 5.70 Å². The van der Waals surface area contributed by atoms with Crippen molar-refractivity contribution >= 4 is 17.6 Å². The Balaban J connectivity index is 2.97. The molecule has 0 atom stereocenters. The molecule has 0 saturated heterocycles. The summed E-state index contributed by atoms with van der Waals surface area (Å²) in [6, 6.07) is 6.89. The molecule has 0 aromatic heterocycles. The highest BCUT2D eigenvalue weighted by molar-refractivity contribution is 5.98. The standard InChI is InChI=1S/C13H15NO5/c1-17-10-6-4-5-9(7-10)14-11(13(16)19-3)8-12(15)18-2/h4-8,14H,1-3H3/b11-8+. The number of benzene rings is 1. The van der Waals surface area contributed by atoms with Crippen molar-refractivity contribution in [2.45, 2.75) is 0 Å². The van der Waals surface area contributed by atoms with Crippen molar-refractivity contribution in [1.82, 2.24) is 0 Å². The SMILES string of the molecule is COC(=O)/C=C(/Nc1cccc(OC)c1)C(=O)OC. The molecule has 0 aliphatic carbocycles.